The van der Waals surface area contributed by atoms with E-state index in [1.54, 1.807) is 12.1 Å². The average Bonchev–Trinajstić information content (AvgIpc) is 3.00. The van der Waals surface area contributed by atoms with Crippen molar-refractivity contribution in [3.8, 4) is 0 Å². The summed E-state index contributed by atoms with van der Waals surface area (Å²) >= 11 is 0. The molecule has 2 aromatic carbocycles. The fourth-order valence-electron chi connectivity index (χ4n) is 2.81. The third kappa shape index (κ3) is 4.51. The predicted octanol–water partition coefficient (Wildman–Crippen LogP) is 1.99. The second-order valence-corrected chi connectivity index (χ2v) is 6.20. The van der Waals surface area contributed by atoms with E-state index in [1.165, 1.54) is 0 Å². The van der Waals surface area contributed by atoms with Crippen LogP contribution in [0.2, 0.25) is 0 Å². The Morgan fingerprint density at radius 2 is 1.44 bits per heavy atom. The lowest BCUT2D eigenvalue weighted by atomic mass is 10.2. The highest BCUT2D eigenvalue weighted by Gasteiger charge is 2.47. The fraction of sp³-hybridized carbons (Fsp3) is 0.250. The summed E-state index contributed by atoms with van der Waals surface area (Å²) in [5.74, 6) is -1.33. The molecule has 0 aliphatic carbocycles. The van der Waals surface area contributed by atoms with Gasteiger partial charge in [0.1, 0.15) is 19.3 Å². The van der Waals surface area contributed by atoms with Gasteiger partial charge in [0.15, 0.2) is 0 Å². The Hall–Kier alpha value is -3.19. The number of carbonyl (C=O) groups is 3. The lowest BCUT2D eigenvalue weighted by molar-refractivity contribution is -0.152. The van der Waals surface area contributed by atoms with Crippen molar-refractivity contribution in [2.45, 2.75) is 31.7 Å². The predicted molar refractivity (Wildman–Crippen MR) is 96.1 cm³/mol. The number of esters is 1. The van der Waals surface area contributed by atoms with Gasteiger partial charge in [-0.25, -0.2) is 14.5 Å². The Morgan fingerprint density at radius 1 is 0.926 bits per heavy atom. The van der Waals surface area contributed by atoms with E-state index in [0.717, 1.165) is 16.0 Å². The van der Waals surface area contributed by atoms with E-state index in [0.29, 0.717) is 0 Å². The molecule has 0 saturated carbocycles. The molecule has 0 spiro atoms. The monoisotopic (exact) mass is 368 g/mol. The normalized spacial score (nSPS) is 19.0. The van der Waals surface area contributed by atoms with Gasteiger partial charge in [0.25, 0.3) is 0 Å². The zero-order valence-electron chi connectivity index (χ0n) is 14.6. The summed E-state index contributed by atoms with van der Waals surface area (Å²) in [6.07, 6.45) is -0.897. The van der Waals surface area contributed by atoms with Crippen molar-refractivity contribution in [2.75, 3.05) is 0 Å². The third-order valence-electron chi connectivity index (χ3n) is 4.24. The fourth-order valence-corrected chi connectivity index (χ4v) is 2.81. The Bertz CT molecular complexity index is 810. The SMILES string of the molecule is N[C@@H]1CC(C(=O)OCc2ccccc2)N(C(=O)OCc2ccccc2)C1=O. The maximum absolute atomic E-state index is 12.4. The molecule has 1 fully saturated rings. The molecule has 1 aliphatic rings. The largest absolute Gasteiger partial charge is 0.459 e. The molecule has 2 aromatic rings. The first-order valence-corrected chi connectivity index (χ1v) is 8.56. The van der Waals surface area contributed by atoms with E-state index in [9.17, 15) is 14.4 Å². The van der Waals surface area contributed by atoms with Gasteiger partial charge in [-0.15, -0.1) is 0 Å². The van der Waals surface area contributed by atoms with Crippen LogP contribution in [0.4, 0.5) is 4.79 Å². The number of carbonyl (C=O) groups excluding carboxylic acids is 3. The van der Waals surface area contributed by atoms with Crippen molar-refractivity contribution in [1.29, 1.82) is 0 Å². The van der Waals surface area contributed by atoms with Crippen LogP contribution in [0.25, 0.3) is 0 Å². The number of hydrogen-bond acceptors (Lipinski definition) is 6. The molecule has 1 aliphatic heterocycles. The number of hydrogen-bond donors (Lipinski definition) is 1. The summed E-state index contributed by atoms with van der Waals surface area (Å²) in [5.41, 5.74) is 7.31. The van der Waals surface area contributed by atoms with Crippen molar-refractivity contribution < 1.29 is 23.9 Å². The minimum atomic E-state index is -1.08. The lowest BCUT2D eigenvalue weighted by Gasteiger charge is -2.21. The number of likely N-dealkylation sites (tertiary alicyclic amines) is 1. The molecule has 7 heteroatoms. The Morgan fingerprint density at radius 3 is 2.00 bits per heavy atom. The highest BCUT2D eigenvalue weighted by Crippen LogP contribution is 2.21. The molecule has 2 N–H and O–H groups in total. The molecule has 2 atom stereocenters. The number of nitrogens with zero attached hydrogens (tertiary/aromatic N) is 1. The number of imide groups is 1. The van der Waals surface area contributed by atoms with Crippen molar-refractivity contribution in [2.24, 2.45) is 5.73 Å². The van der Waals surface area contributed by atoms with Crippen molar-refractivity contribution >= 4 is 18.0 Å². The number of benzene rings is 2. The van der Waals surface area contributed by atoms with E-state index in [-0.39, 0.29) is 19.6 Å². The maximum atomic E-state index is 12.4. The number of ether oxygens (including phenoxy) is 2. The first-order chi connectivity index (χ1) is 13.1. The van der Waals surface area contributed by atoms with E-state index >= 15 is 0 Å². The smallest absolute Gasteiger partial charge is 0.417 e. The number of rotatable bonds is 5. The molecule has 1 heterocycles. The van der Waals surface area contributed by atoms with E-state index in [2.05, 4.69) is 0 Å². The standard InChI is InChI=1S/C20H20N2O5/c21-16-11-17(19(24)26-12-14-7-3-1-4-8-14)22(18(16)23)20(25)27-13-15-9-5-2-6-10-15/h1-10,16-17H,11-13,21H2/t16-,17?/m1/s1. The molecular weight excluding hydrogens is 348 g/mol. The summed E-state index contributed by atoms with van der Waals surface area (Å²) in [4.78, 5) is 37.8. The van der Waals surface area contributed by atoms with Gasteiger partial charge in [-0.05, 0) is 11.1 Å². The Kier molecular flexibility index (Phi) is 5.83. The minimum Gasteiger partial charge on any atom is -0.459 e. The molecule has 0 radical (unpaired) electrons. The van der Waals surface area contributed by atoms with Crippen LogP contribution in [0.15, 0.2) is 60.7 Å². The molecular formula is C20H20N2O5. The topological polar surface area (TPSA) is 98.9 Å². The van der Waals surface area contributed by atoms with E-state index in [1.807, 2.05) is 48.5 Å². The molecule has 0 aromatic heterocycles. The van der Waals surface area contributed by atoms with Crippen LogP contribution in [0, 0.1) is 0 Å². The molecule has 140 valence electrons. The number of amides is 2. The van der Waals surface area contributed by atoms with Crippen LogP contribution in [0.1, 0.15) is 17.5 Å². The molecule has 7 nitrogen and oxygen atoms in total. The van der Waals surface area contributed by atoms with Crippen LogP contribution >= 0.6 is 0 Å². The van der Waals surface area contributed by atoms with Gasteiger partial charge in [-0.3, -0.25) is 4.79 Å². The summed E-state index contributed by atoms with van der Waals surface area (Å²) < 4.78 is 10.4. The van der Waals surface area contributed by atoms with E-state index in [4.69, 9.17) is 15.2 Å². The van der Waals surface area contributed by atoms with Crippen LogP contribution in [-0.4, -0.2) is 35.0 Å². The van der Waals surface area contributed by atoms with Crippen molar-refractivity contribution in [3.05, 3.63) is 71.8 Å². The Labute approximate surface area is 156 Å². The van der Waals surface area contributed by atoms with Gasteiger partial charge in [0, 0.05) is 6.42 Å². The second-order valence-electron chi connectivity index (χ2n) is 6.20. The lowest BCUT2D eigenvalue weighted by Crippen LogP contribution is -2.45. The van der Waals surface area contributed by atoms with Crippen LogP contribution in [0.3, 0.4) is 0 Å². The highest BCUT2D eigenvalue weighted by molar-refractivity contribution is 6.02. The first-order valence-electron chi connectivity index (χ1n) is 8.56. The molecule has 3 rings (SSSR count). The van der Waals surface area contributed by atoms with E-state index < -0.39 is 30.1 Å². The van der Waals surface area contributed by atoms with Gasteiger partial charge >= 0.3 is 12.1 Å². The van der Waals surface area contributed by atoms with Crippen LogP contribution < -0.4 is 5.73 Å². The first kappa shape index (κ1) is 18.6. The molecule has 1 saturated heterocycles. The zero-order valence-corrected chi connectivity index (χ0v) is 14.6. The van der Waals surface area contributed by atoms with Gasteiger partial charge in [-0.1, -0.05) is 60.7 Å². The molecule has 0 bridgehead atoms. The third-order valence-corrected chi connectivity index (χ3v) is 4.24. The van der Waals surface area contributed by atoms with Crippen molar-refractivity contribution in [1.82, 2.24) is 4.90 Å². The highest BCUT2D eigenvalue weighted by atomic mass is 16.6. The summed E-state index contributed by atoms with van der Waals surface area (Å²) in [6.45, 7) is 0.0387. The average molecular weight is 368 g/mol. The minimum absolute atomic E-state index is 0.00684. The molecule has 1 unspecified atom stereocenters. The van der Waals surface area contributed by atoms with Gasteiger partial charge in [0.2, 0.25) is 5.91 Å². The molecule has 27 heavy (non-hydrogen) atoms. The quantitative estimate of drug-likeness (QED) is 0.811. The second kappa shape index (κ2) is 8.46. The summed E-state index contributed by atoms with van der Waals surface area (Å²) in [5, 5.41) is 0. The number of nitrogens with two attached hydrogens (primary N) is 1. The van der Waals surface area contributed by atoms with Crippen LogP contribution in [-0.2, 0) is 32.3 Å². The van der Waals surface area contributed by atoms with Crippen molar-refractivity contribution in [3.63, 3.8) is 0 Å². The van der Waals surface area contributed by atoms with Crippen LogP contribution in [0.5, 0.6) is 0 Å². The summed E-state index contributed by atoms with van der Waals surface area (Å²) in [7, 11) is 0. The Balaban J connectivity index is 1.63. The maximum Gasteiger partial charge on any atom is 0.417 e. The summed E-state index contributed by atoms with van der Waals surface area (Å²) in [6, 6.07) is 16.1. The zero-order chi connectivity index (χ0) is 19.2. The molecule has 2 amide bonds. The van der Waals surface area contributed by atoms with Gasteiger partial charge < -0.3 is 15.2 Å². The van der Waals surface area contributed by atoms with Gasteiger partial charge in [-0.2, -0.15) is 0 Å². The van der Waals surface area contributed by atoms with Gasteiger partial charge in [0.05, 0.1) is 6.04 Å².